The van der Waals surface area contributed by atoms with Crippen LogP contribution in [0.1, 0.15) is 49.1 Å². The lowest BCUT2D eigenvalue weighted by Gasteiger charge is -2.45. The fraction of sp³-hybridized carbons (Fsp3) is 0.478. The summed E-state index contributed by atoms with van der Waals surface area (Å²) in [5.41, 5.74) is 2.79. The van der Waals surface area contributed by atoms with Crippen LogP contribution in [-0.4, -0.2) is 30.7 Å². The molecule has 0 radical (unpaired) electrons. The fourth-order valence-corrected chi connectivity index (χ4v) is 5.59. The molecule has 2 bridgehead atoms. The average molecular weight is 482 g/mol. The summed E-state index contributed by atoms with van der Waals surface area (Å²) in [6.45, 7) is 0. The van der Waals surface area contributed by atoms with Crippen LogP contribution in [0.2, 0.25) is 5.02 Å². The monoisotopic (exact) mass is 481 g/mol. The number of rotatable bonds is 4. The first-order chi connectivity index (χ1) is 12.0. The van der Waals surface area contributed by atoms with Gasteiger partial charge in [0.25, 0.3) is 0 Å². The van der Waals surface area contributed by atoms with E-state index in [0.29, 0.717) is 5.92 Å². The maximum atomic E-state index is 6.31. The molecular weight excluding hydrogens is 453 g/mol. The first-order valence-electron chi connectivity index (χ1n) is 9.68. The van der Waals surface area contributed by atoms with E-state index in [1.807, 2.05) is 6.07 Å². The maximum absolute atomic E-state index is 6.31. The Labute approximate surface area is 180 Å². The number of piperidine rings is 1. The lowest BCUT2D eigenvalue weighted by molar-refractivity contribution is -0.931. The maximum Gasteiger partial charge on any atom is 0.0893 e. The van der Waals surface area contributed by atoms with Gasteiger partial charge in [0, 0.05) is 36.6 Å². The van der Waals surface area contributed by atoms with Gasteiger partial charge in [-0.3, -0.25) is 0 Å². The highest BCUT2D eigenvalue weighted by Gasteiger charge is 2.48. The number of fused-ring (bicyclic) bond motifs is 2. The van der Waals surface area contributed by atoms with E-state index >= 15 is 0 Å². The van der Waals surface area contributed by atoms with Gasteiger partial charge in [-0.05, 0) is 35.6 Å². The van der Waals surface area contributed by atoms with Gasteiger partial charge in [0.1, 0.15) is 0 Å². The zero-order chi connectivity index (χ0) is 17.4. The number of quaternary nitrogens is 1. The van der Waals surface area contributed by atoms with E-state index in [4.69, 9.17) is 11.6 Å². The van der Waals surface area contributed by atoms with E-state index in [-0.39, 0.29) is 24.0 Å². The molecule has 2 aliphatic rings. The van der Waals surface area contributed by atoms with Crippen molar-refractivity contribution in [3.8, 4) is 0 Å². The normalized spacial score (nSPS) is 27.6. The molecule has 140 valence electrons. The van der Waals surface area contributed by atoms with Crippen LogP contribution in [0.4, 0.5) is 0 Å². The van der Waals surface area contributed by atoms with E-state index in [9.17, 15) is 0 Å². The lowest BCUT2D eigenvalue weighted by atomic mass is 9.78. The van der Waals surface area contributed by atoms with E-state index in [2.05, 4.69) is 62.6 Å². The van der Waals surface area contributed by atoms with Gasteiger partial charge in [0.05, 0.1) is 26.2 Å². The standard InChI is InChI=1S/C23H29ClN.HI/c1-25(2)21-11-12-22(25)14-17(13-21)15-23(18-7-4-3-5-8-18)19-9-6-10-20(24)16-19;/h3-10,16-17,21-23H,11-15H2,1-2H3;1H/q+1;/p-1. The Hall–Kier alpha value is -0.580. The lowest BCUT2D eigenvalue weighted by Crippen LogP contribution is -3.00. The van der Waals surface area contributed by atoms with E-state index in [1.165, 1.54) is 47.7 Å². The van der Waals surface area contributed by atoms with Crippen LogP contribution in [0.3, 0.4) is 0 Å². The first-order valence-corrected chi connectivity index (χ1v) is 10.1. The minimum atomic E-state index is 0. The van der Waals surface area contributed by atoms with Gasteiger partial charge in [-0.2, -0.15) is 0 Å². The van der Waals surface area contributed by atoms with Gasteiger partial charge in [-0.25, -0.2) is 0 Å². The molecule has 2 aromatic carbocycles. The molecule has 0 amide bonds. The van der Waals surface area contributed by atoms with Crippen molar-refractivity contribution >= 4 is 11.6 Å². The molecule has 2 heterocycles. The Balaban J connectivity index is 0.00000196. The molecule has 3 atom stereocenters. The van der Waals surface area contributed by atoms with Crippen molar-refractivity contribution in [2.45, 2.75) is 50.1 Å². The first kappa shape index (κ1) is 20.2. The highest BCUT2D eigenvalue weighted by molar-refractivity contribution is 6.30. The number of nitrogens with zero attached hydrogens (tertiary/aromatic N) is 1. The number of hydrogen-bond acceptors (Lipinski definition) is 0. The Bertz CT molecular complexity index is 714. The molecule has 3 heteroatoms. The Morgan fingerprint density at radius 1 is 0.923 bits per heavy atom. The summed E-state index contributed by atoms with van der Waals surface area (Å²) in [5, 5.41) is 0.847. The predicted octanol–water partition coefficient (Wildman–Crippen LogP) is 2.88. The van der Waals surface area contributed by atoms with Gasteiger partial charge in [-0.1, -0.05) is 54.1 Å². The smallest absolute Gasteiger partial charge is 0.0893 e. The molecule has 0 spiro atoms. The third-order valence-corrected chi connectivity index (χ3v) is 7.18. The topological polar surface area (TPSA) is 0 Å². The number of hydrogen-bond donors (Lipinski definition) is 0. The van der Waals surface area contributed by atoms with Gasteiger partial charge < -0.3 is 28.5 Å². The molecule has 1 nitrogen and oxygen atoms in total. The van der Waals surface area contributed by atoms with Crippen LogP contribution in [0.5, 0.6) is 0 Å². The molecule has 0 aliphatic carbocycles. The van der Waals surface area contributed by atoms with Gasteiger partial charge in [-0.15, -0.1) is 0 Å². The van der Waals surface area contributed by atoms with Crippen LogP contribution in [0.15, 0.2) is 54.6 Å². The fourth-order valence-electron chi connectivity index (χ4n) is 5.39. The summed E-state index contributed by atoms with van der Waals surface area (Å²) in [5.74, 6) is 1.28. The quantitative estimate of drug-likeness (QED) is 0.465. The molecule has 2 aliphatic heterocycles. The van der Waals surface area contributed by atoms with Crippen molar-refractivity contribution in [1.82, 2.24) is 0 Å². The molecule has 3 unspecified atom stereocenters. The van der Waals surface area contributed by atoms with E-state index < -0.39 is 0 Å². The van der Waals surface area contributed by atoms with Crippen molar-refractivity contribution in [2.24, 2.45) is 5.92 Å². The summed E-state index contributed by atoms with van der Waals surface area (Å²) in [6, 6.07) is 21.2. The summed E-state index contributed by atoms with van der Waals surface area (Å²) in [7, 11) is 4.90. The predicted molar refractivity (Wildman–Crippen MR) is 106 cm³/mol. The van der Waals surface area contributed by atoms with Gasteiger partial charge in [0.2, 0.25) is 0 Å². The molecular formula is C23H29ClIN. The Morgan fingerprint density at radius 2 is 1.54 bits per heavy atom. The Kier molecular flexibility index (Phi) is 6.36. The molecule has 2 aromatic rings. The van der Waals surface area contributed by atoms with Crippen molar-refractivity contribution < 1.29 is 28.5 Å². The van der Waals surface area contributed by atoms with Crippen LogP contribution in [0, 0.1) is 5.92 Å². The summed E-state index contributed by atoms with van der Waals surface area (Å²) in [4.78, 5) is 0. The zero-order valence-electron chi connectivity index (χ0n) is 15.7. The summed E-state index contributed by atoms with van der Waals surface area (Å²) in [6.07, 6.45) is 6.85. The molecule has 4 rings (SSSR count). The molecule has 0 aromatic heterocycles. The highest BCUT2D eigenvalue weighted by atomic mass is 127. The SMILES string of the molecule is C[N+]1(C)C2CCC1CC(CC(c1ccccc1)c1cccc(Cl)c1)C2.[I-]. The summed E-state index contributed by atoms with van der Waals surface area (Å²) >= 11 is 6.31. The van der Waals surface area contributed by atoms with Gasteiger partial charge >= 0.3 is 0 Å². The molecule has 0 N–H and O–H groups in total. The minimum Gasteiger partial charge on any atom is -1.00 e. The van der Waals surface area contributed by atoms with Gasteiger partial charge in [0.15, 0.2) is 0 Å². The van der Waals surface area contributed by atoms with Crippen LogP contribution in [-0.2, 0) is 0 Å². The minimum absolute atomic E-state index is 0. The van der Waals surface area contributed by atoms with Crippen LogP contribution < -0.4 is 24.0 Å². The second-order valence-corrected chi connectivity index (χ2v) is 9.04. The second-order valence-electron chi connectivity index (χ2n) is 8.61. The number of halogens is 2. The number of benzene rings is 2. The zero-order valence-corrected chi connectivity index (χ0v) is 18.7. The second kappa shape index (κ2) is 8.20. The largest absolute Gasteiger partial charge is 1.00 e. The van der Waals surface area contributed by atoms with Crippen LogP contribution >= 0.6 is 11.6 Å². The third kappa shape index (κ3) is 3.98. The van der Waals surface area contributed by atoms with Crippen molar-refractivity contribution in [2.75, 3.05) is 14.1 Å². The van der Waals surface area contributed by atoms with E-state index in [0.717, 1.165) is 23.0 Å². The molecule has 2 fully saturated rings. The third-order valence-electron chi connectivity index (χ3n) is 6.95. The molecule has 2 saturated heterocycles. The average Bonchev–Trinajstić information content (AvgIpc) is 2.78. The van der Waals surface area contributed by atoms with Crippen LogP contribution in [0.25, 0.3) is 0 Å². The highest BCUT2D eigenvalue weighted by Crippen LogP contribution is 2.46. The Morgan fingerprint density at radius 3 is 2.15 bits per heavy atom. The van der Waals surface area contributed by atoms with Crippen molar-refractivity contribution in [3.63, 3.8) is 0 Å². The van der Waals surface area contributed by atoms with Crippen molar-refractivity contribution in [3.05, 3.63) is 70.7 Å². The molecule has 26 heavy (non-hydrogen) atoms. The molecule has 0 saturated carbocycles. The van der Waals surface area contributed by atoms with E-state index in [1.54, 1.807) is 0 Å². The summed E-state index contributed by atoms with van der Waals surface area (Å²) < 4.78 is 1.25. The van der Waals surface area contributed by atoms with Crippen molar-refractivity contribution in [1.29, 1.82) is 0 Å².